The van der Waals surface area contributed by atoms with Crippen molar-refractivity contribution in [2.75, 3.05) is 23.8 Å². The molecule has 142 valence electrons. The maximum absolute atomic E-state index is 12.8. The van der Waals surface area contributed by atoms with E-state index in [1.165, 1.54) is 0 Å². The summed E-state index contributed by atoms with van der Waals surface area (Å²) >= 11 is 1.10. The normalized spacial score (nSPS) is 19.1. The average Bonchev–Trinajstić information content (AvgIpc) is 2.65. The van der Waals surface area contributed by atoms with Gasteiger partial charge >= 0.3 is 12.0 Å². The molecule has 1 atom stereocenters. The first kappa shape index (κ1) is 19.3. The molecule has 0 radical (unpaired) electrons. The van der Waals surface area contributed by atoms with E-state index in [2.05, 4.69) is 9.98 Å². The lowest BCUT2D eigenvalue weighted by Gasteiger charge is -2.29. The fourth-order valence-corrected chi connectivity index (χ4v) is 4.20. The fraction of sp³-hybridized carbons (Fsp3) is 0.421. The van der Waals surface area contributed by atoms with Crippen LogP contribution in [0.25, 0.3) is 0 Å². The molecule has 3 rings (SSSR count). The van der Waals surface area contributed by atoms with Crippen molar-refractivity contribution >= 4 is 46.1 Å². The summed E-state index contributed by atoms with van der Waals surface area (Å²) in [4.78, 5) is 46.1. The minimum atomic E-state index is -0.825. The number of hydrogen-bond acceptors (Lipinski definition) is 5. The van der Waals surface area contributed by atoms with Gasteiger partial charge in [-0.1, -0.05) is 30.0 Å². The molecule has 8 heteroatoms. The van der Waals surface area contributed by atoms with Gasteiger partial charge in [0, 0.05) is 17.9 Å². The Morgan fingerprint density at radius 1 is 1.30 bits per heavy atom. The van der Waals surface area contributed by atoms with Gasteiger partial charge in [0.05, 0.1) is 17.4 Å². The van der Waals surface area contributed by atoms with E-state index in [0.717, 1.165) is 35.9 Å². The van der Waals surface area contributed by atoms with E-state index in [9.17, 15) is 14.4 Å². The maximum Gasteiger partial charge on any atom is 0.367 e. The Labute approximate surface area is 161 Å². The molecule has 0 saturated heterocycles. The molecular weight excluding hydrogens is 366 g/mol. The molecule has 27 heavy (non-hydrogen) atoms. The van der Waals surface area contributed by atoms with Crippen molar-refractivity contribution < 1.29 is 19.1 Å². The van der Waals surface area contributed by atoms with Gasteiger partial charge < -0.3 is 9.64 Å². The number of anilines is 1. The van der Waals surface area contributed by atoms with Gasteiger partial charge in [-0.15, -0.1) is 0 Å². The highest BCUT2D eigenvalue weighted by atomic mass is 32.2. The van der Waals surface area contributed by atoms with Crippen molar-refractivity contribution in [2.45, 2.75) is 26.7 Å². The molecule has 2 aliphatic rings. The number of para-hydroxylation sites is 1. The third-order valence-corrected chi connectivity index (χ3v) is 5.43. The number of aliphatic imine (C=N–C) groups is 2. The Kier molecular flexibility index (Phi) is 6.05. The van der Waals surface area contributed by atoms with Crippen LogP contribution in [0.2, 0.25) is 0 Å². The fourth-order valence-electron chi connectivity index (χ4n) is 3.20. The van der Waals surface area contributed by atoms with Gasteiger partial charge in [-0.3, -0.25) is 9.59 Å². The number of benzene rings is 1. The van der Waals surface area contributed by atoms with E-state index >= 15 is 0 Å². The van der Waals surface area contributed by atoms with Crippen LogP contribution in [0.5, 0.6) is 0 Å². The van der Waals surface area contributed by atoms with Gasteiger partial charge in [-0.25, -0.2) is 4.79 Å². The van der Waals surface area contributed by atoms with Crippen LogP contribution in [0.1, 0.15) is 25.8 Å². The third kappa shape index (κ3) is 4.27. The summed E-state index contributed by atoms with van der Waals surface area (Å²) in [6.45, 7) is 4.18. The van der Waals surface area contributed by atoms with Crippen LogP contribution < -0.4 is 4.90 Å². The minimum absolute atomic E-state index is 0.0786. The molecule has 0 N–H and O–H groups in total. The maximum atomic E-state index is 12.8. The van der Waals surface area contributed by atoms with Crippen LogP contribution in [0.4, 0.5) is 10.5 Å². The van der Waals surface area contributed by atoms with E-state index in [4.69, 9.17) is 4.74 Å². The standard InChI is InChI=1S/C19H21N3O4S/c1-3-26-18(24)16-12(2)20-19(25)21-17(16)27-11-15(23)22-10-6-8-13-7-4-5-9-14(13)22/h4-5,7,9,16H,3,6,8,10-11H2,1-2H3. The number of ether oxygens (including phenoxy) is 1. The molecule has 0 aromatic heterocycles. The Bertz CT molecular complexity index is 834. The van der Waals surface area contributed by atoms with Gasteiger partial charge in [-0.05, 0) is 38.3 Å². The van der Waals surface area contributed by atoms with E-state index in [-0.39, 0.29) is 23.3 Å². The lowest BCUT2D eigenvalue weighted by Crippen LogP contribution is -2.38. The first-order valence-corrected chi connectivity index (χ1v) is 9.85. The monoisotopic (exact) mass is 387 g/mol. The van der Waals surface area contributed by atoms with E-state index < -0.39 is 17.9 Å². The first-order valence-electron chi connectivity index (χ1n) is 8.86. The number of esters is 1. The Hall–Kier alpha value is -2.48. The summed E-state index contributed by atoms with van der Waals surface area (Å²) in [5.74, 6) is -1.32. The summed E-state index contributed by atoms with van der Waals surface area (Å²) in [6, 6.07) is 7.19. The van der Waals surface area contributed by atoms with Crippen LogP contribution in [-0.2, 0) is 20.7 Å². The molecule has 2 heterocycles. The third-order valence-electron chi connectivity index (χ3n) is 4.42. The zero-order valence-electron chi connectivity index (χ0n) is 15.3. The Balaban J connectivity index is 1.72. The molecule has 1 aromatic rings. The summed E-state index contributed by atoms with van der Waals surface area (Å²) in [5.41, 5.74) is 2.42. The molecule has 7 nitrogen and oxygen atoms in total. The smallest absolute Gasteiger partial charge is 0.367 e. The van der Waals surface area contributed by atoms with Crippen molar-refractivity contribution in [1.82, 2.24) is 0 Å². The molecule has 1 unspecified atom stereocenters. The zero-order valence-corrected chi connectivity index (χ0v) is 16.1. The van der Waals surface area contributed by atoms with E-state index in [1.807, 2.05) is 24.3 Å². The molecule has 0 aliphatic carbocycles. The highest BCUT2D eigenvalue weighted by Gasteiger charge is 2.34. The SMILES string of the molecule is CCOC(=O)C1C(C)=NC(=O)N=C1SCC(=O)N1CCCc2ccccc21. The number of aryl methyl sites for hydroxylation is 1. The Morgan fingerprint density at radius 3 is 2.85 bits per heavy atom. The second kappa shape index (κ2) is 8.47. The minimum Gasteiger partial charge on any atom is -0.465 e. The predicted octanol–water partition coefficient (Wildman–Crippen LogP) is 2.87. The largest absolute Gasteiger partial charge is 0.465 e. The Morgan fingerprint density at radius 2 is 2.07 bits per heavy atom. The molecule has 1 aromatic carbocycles. The highest BCUT2D eigenvalue weighted by molar-refractivity contribution is 8.14. The summed E-state index contributed by atoms with van der Waals surface area (Å²) in [6.07, 6.45) is 1.86. The number of carbonyl (C=O) groups excluding carboxylic acids is 3. The molecule has 0 saturated carbocycles. The van der Waals surface area contributed by atoms with Crippen LogP contribution in [0.3, 0.4) is 0 Å². The number of urea groups is 1. The van der Waals surface area contributed by atoms with Crippen molar-refractivity contribution in [3.8, 4) is 0 Å². The van der Waals surface area contributed by atoms with Crippen LogP contribution in [-0.4, -0.2) is 47.6 Å². The topological polar surface area (TPSA) is 88.4 Å². The van der Waals surface area contributed by atoms with Crippen LogP contribution in [0.15, 0.2) is 34.3 Å². The average molecular weight is 387 g/mol. The zero-order chi connectivity index (χ0) is 19.4. The van der Waals surface area contributed by atoms with E-state index in [0.29, 0.717) is 12.3 Å². The number of amides is 3. The highest BCUT2D eigenvalue weighted by Crippen LogP contribution is 2.28. The number of rotatable bonds is 4. The quantitative estimate of drug-likeness (QED) is 0.741. The summed E-state index contributed by atoms with van der Waals surface area (Å²) < 4.78 is 5.07. The summed E-state index contributed by atoms with van der Waals surface area (Å²) in [5, 5.41) is 0.268. The summed E-state index contributed by atoms with van der Waals surface area (Å²) in [7, 11) is 0. The molecule has 0 fully saturated rings. The lowest BCUT2D eigenvalue weighted by molar-refractivity contribution is -0.143. The molecule has 0 bridgehead atoms. The molecule has 3 amide bonds. The lowest BCUT2D eigenvalue weighted by atomic mass is 10.0. The van der Waals surface area contributed by atoms with Crippen molar-refractivity contribution in [2.24, 2.45) is 15.9 Å². The second-order valence-electron chi connectivity index (χ2n) is 6.24. The van der Waals surface area contributed by atoms with Crippen molar-refractivity contribution in [3.05, 3.63) is 29.8 Å². The molecule has 0 spiro atoms. The van der Waals surface area contributed by atoms with Crippen LogP contribution >= 0.6 is 11.8 Å². The number of hydrogen-bond donors (Lipinski definition) is 0. The van der Waals surface area contributed by atoms with Gasteiger partial charge in [0.1, 0.15) is 5.92 Å². The number of carbonyl (C=O) groups is 3. The van der Waals surface area contributed by atoms with Crippen LogP contribution in [0, 0.1) is 5.92 Å². The molecular formula is C19H21N3O4S. The van der Waals surface area contributed by atoms with Crippen molar-refractivity contribution in [3.63, 3.8) is 0 Å². The van der Waals surface area contributed by atoms with Gasteiger partial charge in [0.25, 0.3) is 0 Å². The first-order chi connectivity index (χ1) is 13.0. The predicted molar refractivity (Wildman–Crippen MR) is 106 cm³/mol. The van der Waals surface area contributed by atoms with Gasteiger partial charge in [0.2, 0.25) is 5.91 Å². The number of thioether (sulfide) groups is 1. The van der Waals surface area contributed by atoms with Gasteiger partial charge in [0.15, 0.2) is 0 Å². The van der Waals surface area contributed by atoms with E-state index in [1.54, 1.807) is 18.7 Å². The number of fused-ring (bicyclic) bond motifs is 1. The number of nitrogens with zero attached hydrogens (tertiary/aromatic N) is 3. The van der Waals surface area contributed by atoms with Gasteiger partial charge in [-0.2, -0.15) is 9.98 Å². The van der Waals surface area contributed by atoms with Crippen molar-refractivity contribution in [1.29, 1.82) is 0 Å². The second-order valence-corrected chi connectivity index (χ2v) is 7.23. The molecule has 2 aliphatic heterocycles.